The smallest absolute Gasteiger partial charge is 0.266 e. The zero-order chi connectivity index (χ0) is 14.4. The number of rotatable bonds is 4. The van der Waals surface area contributed by atoms with Crippen molar-refractivity contribution < 1.29 is 12.6 Å². The summed E-state index contributed by atoms with van der Waals surface area (Å²) >= 11 is 0. The minimum absolute atomic E-state index is 0.0445. The van der Waals surface area contributed by atoms with Gasteiger partial charge in [-0.05, 0) is 49.1 Å². The predicted octanol–water partition coefficient (Wildman–Crippen LogP) is 3.30. The summed E-state index contributed by atoms with van der Waals surface area (Å²) < 4.78 is 29.8. The molecule has 108 valence electrons. The lowest BCUT2D eigenvalue weighted by Gasteiger charge is -2.30. The number of fused-ring (bicyclic) bond motifs is 2. The first-order valence-electron chi connectivity index (χ1n) is 7.03. The van der Waals surface area contributed by atoms with Gasteiger partial charge in [0.25, 0.3) is 10.1 Å². The van der Waals surface area contributed by atoms with E-state index in [1.54, 1.807) is 24.3 Å². The normalized spacial score (nSPS) is 31.9. The van der Waals surface area contributed by atoms with Crippen LogP contribution in [0.25, 0.3) is 0 Å². The molecule has 0 aromatic heterocycles. The fraction of sp³-hybridized carbons (Fsp3) is 0.500. The summed E-state index contributed by atoms with van der Waals surface area (Å²) in [6.45, 7) is 4.33. The Morgan fingerprint density at radius 2 is 1.95 bits per heavy atom. The van der Waals surface area contributed by atoms with E-state index < -0.39 is 10.1 Å². The highest BCUT2D eigenvalue weighted by atomic mass is 32.2. The highest BCUT2D eigenvalue weighted by molar-refractivity contribution is 7.86. The third-order valence-electron chi connectivity index (χ3n) is 4.65. The maximum Gasteiger partial charge on any atom is 0.296 e. The molecule has 2 bridgehead atoms. The van der Waals surface area contributed by atoms with Gasteiger partial charge in [-0.15, -0.1) is 0 Å². The molecular formula is C16H20O3S. The van der Waals surface area contributed by atoms with Gasteiger partial charge in [-0.25, -0.2) is 0 Å². The van der Waals surface area contributed by atoms with Crippen molar-refractivity contribution in [3.05, 3.63) is 42.0 Å². The number of hydrogen-bond acceptors (Lipinski definition) is 3. The second-order valence-corrected chi connectivity index (χ2v) is 7.99. The molecule has 2 aliphatic carbocycles. The van der Waals surface area contributed by atoms with Crippen molar-refractivity contribution in [2.45, 2.75) is 31.6 Å². The molecule has 0 spiro atoms. The molecule has 1 aromatic carbocycles. The Bertz CT molecular complexity index is 630. The van der Waals surface area contributed by atoms with Crippen LogP contribution < -0.4 is 0 Å². The SMILES string of the molecule is Cc1ccc(S(=O)(=O)OC[C@@]2(C)C[C@H]3C=C[C@H]2C3)cc1. The molecule has 1 aromatic rings. The van der Waals surface area contributed by atoms with Gasteiger partial charge in [-0.3, -0.25) is 4.18 Å². The van der Waals surface area contributed by atoms with E-state index >= 15 is 0 Å². The monoisotopic (exact) mass is 292 g/mol. The van der Waals surface area contributed by atoms with Crippen molar-refractivity contribution in [1.29, 1.82) is 0 Å². The maximum atomic E-state index is 12.2. The topological polar surface area (TPSA) is 43.4 Å². The minimum atomic E-state index is -3.64. The fourth-order valence-electron chi connectivity index (χ4n) is 3.34. The third kappa shape index (κ3) is 2.42. The van der Waals surface area contributed by atoms with Crippen LogP contribution in [0.2, 0.25) is 0 Å². The lowest BCUT2D eigenvalue weighted by atomic mass is 9.78. The molecule has 0 aliphatic heterocycles. The van der Waals surface area contributed by atoms with Crippen molar-refractivity contribution in [3.8, 4) is 0 Å². The van der Waals surface area contributed by atoms with Crippen LogP contribution >= 0.6 is 0 Å². The summed E-state index contributed by atoms with van der Waals surface area (Å²) in [5.74, 6) is 1.07. The van der Waals surface area contributed by atoms with E-state index in [-0.39, 0.29) is 16.9 Å². The largest absolute Gasteiger partial charge is 0.296 e. The van der Waals surface area contributed by atoms with Crippen LogP contribution in [-0.4, -0.2) is 15.0 Å². The number of benzene rings is 1. The average Bonchev–Trinajstić information content (AvgIpc) is 2.98. The van der Waals surface area contributed by atoms with Crippen molar-refractivity contribution in [3.63, 3.8) is 0 Å². The first-order chi connectivity index (χ1) is 9.39. The molecule has 0 amide bonds. The van der Waals surface area contributed by atoms with Crippen LogP contribution in [0.3, 0.4) is 0 Å². The molecule has 0 N–H and O–H groups in total. The van der Waals surface area contributed by atoms with E-state index in [9.17, 15) is 8.42 Å². The van der Waals surface area contributed by atoms with Crippen LogP contribution in [-0.2, 0) is 14.3 Å². The second kappa shape index (κ2) is 4.71. The number of hydrogen-bond donors (Lipinski definition) is 0. The first kappa shape index (κ1) is 13.8. The van der Waals surface area contributed by atoms with Crippen LogP contribution in [0.5, 0.6) is 0 Å². The van der Waals surface area contributed by atoms with Crippen LogP contribution in [0.15, 0.2) is 41.3 Å². The zero-order valence-corrected chi connectivity index (χ0v) is 12.7. The Balaban J connectivity index is 1.72. The van der Waals surface area contributed by atoms with Gasteiger partial charge < -0.3 is 0 Å². The lowest BCUT2D eigenvalue weighted by molar-refractivity contribution is 0.139. The molecule has 0 radical (unpaired) electrons. The quantitative estimate of drug-likeness (QED) is 0.631. The van der Waals surface area contributed by atoms with Crippen LogP contribution in [0, 0.1) is 24.2 Å². The summed E-state index contributed by atoms with van der Waals surface area (Å²) in [4.78, 5) is 0.241. The van der Waals surface area contributed by atoms with E-state index in [1.807, 2.05) is 6.92 Å². The lowest BCUT2D eigenvalue weighted by Crippen LogP contribution is -2.29. The highest BCUT2D eigenvalue weighted by Gasteiger charge is 2.45. The fourth-order valence-corrected chi connectivity index (χ4v) is 4.37. The van der Waals surface area contributed by atoms with Gasteiger partial charge >= 0.3 is 0 Å². The van der Waals surface area contributed by atoms with E-state index in [4.69, 9.17) is 4.18 Å². The average molecular weight is 292 g/mol. The third-order valence-corrected chi connectivity index (χ3v) is 5.93. The van der Waals surface area contributed by atoms with E-state index in [0.29, 0.717) is 11.8 Å². The molecular weight excluding hydrogens is 272 g/mol. The summed E-state index contributed by atoms with van der Waals surface area (Å²) in [5.41, 5.74) is 0.992. The summed E-state index contributed by atoms with van der Waals surface area (Å²) in [6.07, 6.45) is 6.64. The summed E-state index contributed by atoms with van der Waals surface area (Å²) in [7, 11) is -3.64. The Kier molecular flexibility index (Phi) is 3.26. The molecule has 1 saturated carbocycles. The highest BCUT2D eigenvalue weighted by Crippen LogP contribution is 2.52. The van der Waals surface area contributed by atoms with Gasteiger partial charge in [-0.2, -0.15) is 8.42 Å². The van der Waals surface area contributed by atoms with Gasteiger partial charge in [0.15, 0.2) is 0 Å². The minimum Gasteiger partial charge on any atom is -0.266 e. The predicted molar refractivity (Wildman–Crippen MR) is 77.8 cm³/mol. The molecule has 0 heterocycles. The first-order valence-corrected chi connectivity index (χ1v) is 8.44. The number of allylic oxidation sites excluding steroid dienone is 2. The van der Waals surface area contributed by atoms with Crippen molar-refractivity contribution in [2.24, 2.45) is 17.3 Å². The van der Waals surface area contributed by atoms with Gasteiger partial charge in [0, 0.05) is 0 Å². The van der Waals surface area contributed by atoms with Crippen molar-refractivity contribution >= 4 is 10.1 Å². The summed E-state index contributed by atoms with van der Waals surface area (Å²) in [5, 5.41) is 0. The number of aryl methyl sites for hydroxylation is 1. The molecule has 0 unspecified atom stereocenters. The van der Waals surface area contributed by atoms with E-state index in [2.05, 4.69) is 19.1 Å². The molecule has 20 heavy (non-hydrogen) atoms. The van der Waals surface area contributed by atoms with E-state index in [1.165, 1.54) is 0 Å². The summed E-state index contributed by atoms with van der Waals surface area (Å²) in [6, 6.07) is 6.79. The molecule has 3 atom stereocenters. The molecule has 1 fully saturated rings. The molecule has 3 rings (SSSR count). The maximum absolute atomic E-state index is 12.2. The second-order valence-electron chi connectivity index (χ2n) is 6.37. The van der Waals surface area contributed by atoms with Gasteiger partial charge in [0.05, 0.1) is 11.5 Å². The standard InChI is InChI=1S/C16H20O3S/c1-12-3-7-15(8-4-12)20(17,18)19-11-16(2)10-13-5-6-14(16)9-13/h3-8,13-14H,9-11H2,1-2H3/t13-,14-,16+/m0/s1. The Morgan fingerprint density at radius 3 is 2.50 bits per heavy atom. The van der Waals surface area contributed by atoms with Gasteiger partial charge in [0.2, 0.25) is 0 Å². The Hall–Kier alpha value is -1.13. The van der Waals surface area contributed by atoms with Crippen LogP contribution in [0.4, 0.5) is 0 Å². The van der Waals surface area contributed by atoms with Crippen LogP contribution in [0.1, 0.15) is 25.3 Å². The Morgan fingerprint density at radius 1 is 1.25 bits per heavy atom. The van der Waals surface area contributed by atoms with E-state index in [0.717, 1.165) is 18.4 Å². The van der Waals surface area contributed by atoms with Gasteiger partial charge in [-0.1, -0.05) is 36.8 Å². The van der Waals surface area contributed by atoms with Gasteiger partial charge in [0.1, 0.15) is 0 Å². The zero-order valence-electron chi connectivity index (χ0n) is 11.9. The van der Waals surface area contributed by atoms with Crippen molar-refractivity contribution in [1.82, 2.24) is 0 Å². The Labute approximate surface area is 120 Å². The molecule has 0 saturated heterocycles. The molecule has 3 nitrogen and oxygen atoms in total. The molecule has 4 heteroatoms. The molecule has 2 aliphatic rings. The van der Waals surface area contributed by atoms with Crippen molar-refractivity contribution in [2.75, 3.05) is 6.61 Å².